The predicted molar refractivity (Wildman–Crippen MR) is 142 cm³/mol. The van der Waals surface area contributed by atoms with Crippen LogP contribution in [-0.4, -0.2) is 80.2 Å². The van der Waals surface area contributed by atoms with E-state index >= 15 is 0 Å². The maximum Gasteiger partial charge on any atom is 0.202 e. The van der Waals surface area contributed by atoms with Gasteiger partial charge in [0.2, 0.25) is 5.78 Å². The molecule has 216 valence electrons. The molecule has 5 rings (SSSR count). The molecule has 40 heavy (non-hydrogen) atoms. The van der Waals surface area contributed by atoms with Crippen molar-refractivity contribution in [2.45, 2.75) is 69.4 Å². The number of oxime groups is 1. The van der Waals surface area contributed by atoms with Crippen molar-refractivity contribution in [2.24, 2.45) is 10.9 Å². The number of rotatable bonds is 4. The third-order valence-corrected chi connectivity index (χ3v) is 7.97. The second-order valence-corrected chi connectivity index (χ2v) is 10.3. The van der Waals surface area contributed by atoms with Gasteiger partial charge in [-0.05, 0) is 19.9 Å². The van der Waals surface area contributed by atoms with E-state index in [-0.39, 0.29) is 65.4 Å². The Morgan fingerprint density at radius 1 is 1.15 bits per heavy atom. The minimum Gasteiger partial charge on any atom is -0.507 e. The van der Waals surface area contributed by atoms with Gasteiger partial charge in [0.1, 0.15) is 22.8 Å². The summed E-state index contributed by atoms with van der Waals surface area (Å²) in [6.07, 6.45) is -4.34. The number of aromatic hydroxyl groups is 2. The van der Waals surface area contributed by atoms with Gasteiger partial charge in [0, 0.05) is 42.0 Å². The van der Waals surface area contributed by atoms with Crippen molar-refractivity contribution in [3.8, 4) is 17.2 Å². The first-order valence-corrected chi connectivity index (χ1v) is 12.5. The minimum absolute atomic E-state index is 0. The number of phenolic OH excluding ortho intramolecular Hbond substituents is 2. The van der Waals surface area contributed by atoms with Gasteiger partial charge in [-0.2, -0.15) is 0 Å². The molecule has 0 bridgehead atoms. The molecule has 2 aromatic carbocycles. The van der Waals surface area contributed by atoms with E-state index in [4.69, 9.17) is 19.9 Å². The standard InChI is InChI=1S/C27H30N2O10.ClH/c1-10-22(30)14(28)7-17(38-10)39-16-9-27(35,11(2)29-36)8-13-19(16)26(34)21-20(24(13)32)23(31)12-5-4-6-15(37-3)18(12)25(21)33;/h4-6,10,14,16-17,22,30,32,34-36H,7-9,28H2,1-3H3;1H/b29-11-;/t10?,14?,16-,17?,22?,27-;/m0./s1. The lowest BCUT2D eigenvalue weighted by Gasteiger charge is -2.42. The van der Waals surface area contributed by atoms with E-state index in [2.05, 4.69) is 5.16 Å². The Morgan fingerprint density at radius 2 is 1.82 bits per heavy atom. The van der Waals surface area contributed by atoms with Crippen LogP contribution in [0.5, 0.6) is 17.2 Å². The molecule has 1 heterocycles. The topological polar surface area (TPSA) is 201 Å². The molecule has 12 nitrogen and oxygen atoms in total. The molecule has 2 aliphatic carbocycles. The number of nitrogens with zero attached hydrogens (tertiary/aromatic N) is 1. The van der Waals surface area contributed by atoms with Crippen LogP contribution in [-0.2, 0) is 15.9 Å². The summed E-state index contributed by atoms with van der Waals surface area (Å²) in [7, 11) is 1.34. The zero-order chi connectivity index (χ0) is 28.4. The molecule has 1 saturated heterocycles. The van der Waals surface area contributed by atoms with Gasteiger partial charge >= 0.3 is 0 Å². The van der Waals surface area contributed by atoms with Crippen LogP contribution >= 0.6 is 12.4 Å². The predicted octanol–water partition coefficient (Wildman–Crippen LogP) is 1.71. The summed E-state index contributed by atoms with van der Waals surface area (Å²) in [6, 6.07) is 3.77. The van der Waals surface area contributed by atoms with Crippen molar-refractivity contribution in [3.05, 3.63) is 51.6 Å². The number of fused-ring (bicyclic) bond motifs is 3. The number of phenols is 2. The number of halogens is 1. The Balaban J connectivity index is 0.00000370. The van der Waals surface area contributed by atoms with Crippen LogP contribution in [0.2, 0.25) is 0 Å². The summed E-state index contributed by atoms with van der Waals surface area (Å²) >= 11 is 0. The number of methoxy groups -OCH3 is 1. The number of aliphatic hydroxyl groups excluding tert-OH is 1. The van der Waals surface area contributed by atoms with Gasteiger partial charge in [-0.3, -0.25) is 9.59 Å². The largest absolute Gasteiger partial charge is 0.507 e. The smallest absolute Gasteiger partial charge is 0.202 e. The Morgan fingerprint density at radius 3 is 2.45 bits per heavy atom. The summed E-state index contributed by atoms with van der Waals surface area (Å²) in [4.78, 5) is 27.2. The summed E-state index contributed by atoms with van der Waals surface area (Å²) < 4.78 is 17.2. The molecule has 0 aromatic heterocycles. The van der Waals surface area contributed by atoms with Crippen molar-refractivity contribution in [2.75, 3.05) is 7.11 Å². The highest BCUT2D eigenvalue weighted by molar-refractivity contribution is 6.31. The van der Waals surface area contributed by atoms with Crippen molar-refractivity contribution in [1.82, 2.24) is 0 Å². The number of benzene rings is 2. The van der Waals surface area contributed by atoms with Crippen LogP contribution in [0.3, 0.4) is 0 Å². The number of carbonyl (C=O) groups is 2. The lowest BCUT2D eigenvalue weighted by molar-refractivity contribution is -0.245. The van der Waals surface area contributed by atoms with Crippen molar-refractivity contribution in [1.29, 1.82) is 0 Å². The van der Waals surface area contributed by atoms with Gasteiger partial charge < -0.3 is 45.6 Å². The minimum atomic E-state index is -1.85. The van der Waals surface area contributed by atoms with Crippen LogP contribution in [0.25, 0.3) is 0 Å². The van der Waals surface area contributed by atoms with E-state index < -0.39 is 70.4 Å². The third-order valence-electron chi connectivity index (χ3n) is 7.97. The summed E-state index contributed by atoms with van der Waals surface area (Å²) in [5, 5.41) is 57.1. The zero-order valence-electron chi connectivity index (χ0n) is 22.0. The quantitative estimate of drug-likeness (QED) is 0.114. The molecule has 0 saturated carbocycles. The molecule has 6 atom stereocenters. The Bertz CT molecular complexity index is 1400. The first-order valence-electron chi connectivity index (χ1n) is 12.5. The molecule has 2 aromatic rings. The van der Waals surface area contributed by atoms with Gasteiger partial charge in [-0.1, -0.05) is 17.3 Å². The van der Waals surface area contributed by atoms with Crippen molar-refractivity contribution >= 4 is 29.7 Å². The fourth-order valence-corrected chi connectivity index (χ4v) is 5.76. The monoisotopic (exact) mass is 578 g/mol. The van der Waals surface area contributed by atoms with Gasteiger partial charge in [0.15, 0.2) is 12.1 Å². The van der Waals surface area contributed by atoms with E-state index in [1.807, 2.05) is 0 Å². The van der Waals surface area contributed by atoms with Crippen molar-refractivity contribution in [3.63, 3.8) is 0 Å². The van der Waals surface area contributed by atoms with Gasteiger partial charge in [0.05, 0.1) is 47.8 Å². The van der Waals surface area contributed by atoms with E-state index in [9.17, 15) is 35.2 Å². The molecule has 7 N–H and O–H groups in total. The normalized spacial score (nSPS) is 29.6. The van der Waals surface area contributed by atoms with Crippen molar-refractivity contribution < 1.29 is 49.4 Å². The Hall–Kier alpha value is -3.26. The summed E-state index contributed by atoms with van der Waals surface area (Å²) in [5.41, 5.74) is 3.14. The highest BCUT2D eigenvalue weighted by atomic mass is 35.5. The molecule has 3 aliphatic rings. The van der Waals surface area contributed by atoms with Crippen LogP contribution in [0, 0.1) is 0 Å². The van der Waals surface area contributed by atoms with Gasteiger partial charge in [-0.25, -0.2) is 0 Å². The number of hydrogen-bond donors (Lipinski definition) is 6. The third kappa shape index (κ3) is 4.41. The van der Waals surface area contributed by atoms with Crippen LogP contribution < -0.4 is 10.5 Å². The summed E-state index contributed by atoms with van der Waals surface area (Å²) in [6.45, 7) is 2.99. The fraction of sp³-hybridized carbons (Fsp3) is 0.444. The van der Waals surface area contributed by atoms with Gasteiger partial charge in [-0.15, -0.1) is 12.4 Å². The SMILES string of the molecule is COc1cccc2c1C(=O)c1c(O)c3c(c(O)c1C2=O)C[C@@](O)(/C(C)=N\O)C[C@@H]3OC1CC(N)C(O)C(C)O1.Cl. The zero-order valence-corrected chi connectivity index (χ0v) is 22.8. The van der Waals surface area contributed by atoms with E-state index in [1.165, 1.54) is 32.2 Å². The maximum atomic E-state index is 13.7. The number of ether oxygens (including phenoxy) is 3. The lowest BCUT2D eigenvalue weighted by atomic mass is 9.72. The van der Waals surface area contributed by atoms with E-state index in [1.54, 1.807) is 6.92 Å². The molecule has 0 spiro atoms. The lowest BCUT2D eigenvalue weighted by Crippen LogP contribution is -2.52. The average molecular weight is 579 g/mol. The second-order valence-electron chi connectivity index (χ2n) is 10.3. The molecule has 4 unspecified atom stereocenters. The maximum absolute atomic E-state index is 13.7. The molecular weight excluding hydrogens is 548 g/mol. The average Bonchev–Trinajstić information content (AvgIpc) is 2.90. The molecule has 1 fully saturated rings. The molecule has 0 radical (unpaired) electrons. The number of ketones is 2. The summed E-state index contributed by atoms with van der Waals surface area (Å²) in [5.74, 6) is -2.51. The number of nitrogens with two attached hydrogens (primary N) is 1. The Kier molecular flexibility index (Phi) is 7.89. The van der Waals surface area contributed by atoms with Crippen LogP contribution in [0.1, 0.15) is 75.8 Å². The number of aliphatic hydroxyl groups is 2. The fourth-order valence-electron chi connectivity index (χ4n) is 5.76. The second kappa shape index (κ2) is 10.6. The Labute approximate surface area is 235 Å². The van der Waals surface area contributed by atoms with E-state index in [0.717, 1.165) is 0 Å². The molecule has 0 amide bonds. The highest BCUT2D eigenvalue weighted by Crippen LogP contribution is 2.52. The molecule has 13 heteroatoms. The van der Waals surface area contributed by atoms with Crippen LogP contribution in [0.15, 0.2) is 23.4 Å². The van der Waals surface area contributed by atoms with Gasteiger partial charge in [0.25, 0.3) is 0 Å². The van der Waals surface area contributed by atoms with E-state index in [0.29, 0.717) is 0 Å². The molecule has 1 aliphatic heterocycles. The highest BCUT2D eigenvalue weighted by Gasteiger charge is 2.49. The number of hydrogen-bond acceptors (Lipinski definition) is 12. The number of carbonyl (C=O) groups excluding carboxylic acids is 2. The first kappa shape index (κ1) is 29.7. The first-order chi connectivity index (χ1) is 18.4. The van der Waals surface area contributed by atoms with Crippen LogP contribution in [0.4, 0.5) is 0 Å². The molecular formula is C27H31ClN2O10.